The fourth-order valence-corrected chi connectivity index (χ4v) is 2.19. The van der Waals surface area contributed by atoms with Crippen molar-refractivity contribution in [1.82, 2.24) is 14.7 Å². The Kier molecular flexibility index (Phi) is 3.07. The Morgan fingerprint density at radius 3 is 2.93 bits per heavy atom. The van der Waals surface area contributed by atoms with Crippen LogP contribution in [-0.4, -0.2) is 27.8 Å². The van der Waals surface area contributed by atoms with Gasteiger partial charge in [-0.2, -0.15) is 5.10 Å². The number of nitrogens with two attached hydrogens (primary N) is 1. The van der Waals surface area contributed by atoms with Gasteiger partial charge in [0.2, 0.25) is 0 Å². The van der Waals surface area contributed by atoms with E-state index in [1.807, 2.05) is 6.20 Å². The van der Waals surface area contributed by atoms with Crippen LogP contribution in [0.1, 0.15) is 25.1 Å². The molecule has 0 amide bonds. The lowest BCUT2D eigenvalue weighted by atomic mass is 10.1. The summed E-state index contributed by atoms with van der Waals surface area (Å²) in [4.78, 5) is 2.49. The second-order valence-corrected chi connectivity index (χ2v) is 4.67. The summed E-state index contributed by atoms with van der Waals surface area (Å²) in [6.07, 6.45) is 1.91. The van der Waals surface area contributed by atoms with Crippen LogP contribution in [0, 0.1) is 5.92 Å². The molecule has 84 valence electrons. The van der Waals surface area contributed by atoms with Gasteiger partial charge in [-0.25, -0.2) is 0 Å². The second-order valence-electron chi connectivity index (χ2n) is 4.67. The molecule has 0 saturated carbocycles. The molecular formula is C11H20N4. The van der Waals surface area contributed by atoms with E-state index in [1.54, 1.807) is 0 Å². The van der Waals surface area contributed by atoms with Crippen molar-refractivity contribution in [3.8, 4) is 0 Å². The third-order valence-electron chi connectivity index (χ3n) is 2.88. The quantitative estimate of drug-likeness (QED) is 0.799. The summed E-state index contributed by atoms with van der Waals surface area (Å²) in [5.41, 5.74) is 8.20. The smallest absolute Gasteiger partial charge is 0.0569 e. The van der Waals surface area contributed by atoms with E-state index in [0.717, 1.165) is 32.1 Å². The highest BCUT2D eigenvalue weighted by Gasteiger charge is 2.19. The van der Waals surface area contributed by atoms with Gasteiger partial charge in [-0.05, 0) is 5.92 Å². The lowest BCUT2D eigenvalue weighted by Gasteiger charge is -2.29. The second kappa shape index (κ2) is 4.33. The van der Waals surface area contributed by atoms with E-state index in [1.165, 1.54) is 11.3 Å². The molecule has 1 aromatic heterocycles. The van der Waals surface area contributed by atoms with Crippen LogP contribution in [0.25, 0.3) is 0 Å². The molecule has 0 aromatic carbocycles. The van der Waals surface area contributed by atoms with Crippen LogP contribution >= 0.6 is 0 Å². The highest BCUT2D eigenvalue weighted by Crippen LogP contribution is 2.16. The molecule has 1 aromatic rings. The topological polar surface area (TPSA) is 47.1 Å². The summed E-state index contributed by atoms with van der Waals surface area (Å²) in [6.45, 7) is 9.40. The van der Waals surface area contributed by atoms with Gasteiger partial charge in [0.15, 0.2) is 0 Å². The van der Waals surface area contributed by atoms with Gasteiger partial charge in [-0.15, -0.1) is 0 Å². The van der Waals surface area contributed by atoms with Crippen LogP contribution in [0.3, 0.4) is 0 Å². The lowest BCUT2D eigenvalue weighted by molar-refractivity contribution is 0.191. The SMILES string of the molecule is CC(C)CN1CCn2ncc(CN)c2C1. The summed E-state index contributed by atoms with van der Waals surface area (Å²) in [7, 11) is 0. The molecule has 2 heterocycles. The van der Waals surface area contributed by atoms with Gasteiger partial charge in [0, 0.05) is 31.7 Å². The fraction of sp³-hybridized carbons (Fsp3) is 0.727. The predicted octanol–water partition coefficient (Wildman–Crippen LogP) is 0.813. The lowest BCUT2D eigenvalue weighted by Crippen LogP contribution is -2.36. The van der Waals surface area contributed by atoms with Crippen molar-refractivity contribution in [2.75, 3.05) is 13.1 Å². The van der Waals surface area contributed by atoms with Crippen molar-refractivity contribution in [2.45, 2.75) is 33.5 Å². The molecule has 1 aliphatic rings. The van der Waals surface area contributed by atoms with Crippen LogP contribution < -0.4 is 5.73 Å². The number of fused-ring (bicyclic) bond motifs is 1. The Bertz CT molecular complexity index is 316. The molecular weight excluding hydrogens is 188 g/mol. The Balaban J connectivity index is 2.10. The van der Waals surface area contributed by atoms with Crippen molar-refractivity contribution in [3.63, 3.8) is 0 Å². The van der Waals surface area contributed by atoms with Crippen LogP contribution in [0.2, 0.25) is 0 Å². The van der Waals surface area contributed by atoms with Crippen molar-refractivity contribution in [3.05, 3.63) is 17.5 Å². The zero-order valence-corrected chi connectivity index (χ0v) is 9.61. The van der Waals surface area contributed by atoms with E-state index >= 15 is 0 Å². The van der Waals surface area contributed by atoms with E-state index in [-0.39, 0.29) is 0 Å². The van der Waals surface area contributed by atoms with Gasteiger partial charge in [-0.1, -0.05) is 13.8 Å². The molecule has 0 saturated heterocycles. The zero-order chi connectivity index (χ0) is 10.8. The van der Waals surface area contributed by atoms with E-state index in [9.17, 15) is 0 Å². The van der Waals surface area contributed by atoms with Gasteiger partial charge in [-0.3, -0.25) is 9.58 Å². The fourth-order valence-electron chi connectivity index (χ4n) is 2.19. The molecule has 1 aliphatic heterocycles. The van der Waals surface area contributed by atoms with Crippen LogP contribution in [0.15, 0.2) is 6.20 Å². The highest BCUT2D eigenvalue weighted by atomic mass is 15.3. The summed E-state index contributed by atoms with van der Waals surface area (Å²) >= 11 is 0. The number of nitrogens with zero attached hydrogens (tertiary/aromatic N) is 3. The van der Waals surface area contributed by atoms with Crippen molar-refractivity contribution >= 4 is 0 Å². The molecule has 0 aliphatic carbocycles. The maximum absolute atomic E-state index is 5.69. The highest BCUT2D eigenvalue weighted by molar-refractivity contribution is 5.18. The first kappa shape index (κ1) is 10.6. The molecule has 0 radical (unpaired) electrons. The summed E-state index contributed by atoms with van der Waals surface area (Å²) < 4.78 is 2.10. The standard InChI is InChI=1S/C11H20N4/c1-9(2)7-14-3-4-15-11(8-14)10(5-12)6-13-15/h6,9H,3-5,7-8,12H2,1-2H3. The first-order chi connectivity index (χ1) is 7.20. The average Bonchev–Trinajstić information content (AvgIpc) is 2.59. The number of aromatic nitrogens is 2. The maximum atomic E-state index is 5.69. The molecule has 4 heteroatoms. The average molecular weight is 208 g/mol. The molecule has 0 unspecified atom stereocenters. The molecule has 2 N–H and O–H groups in total. The molecule has 0 atom stereocenters. The first-order valence-corrected chi connectivity index (χ1v) is 5.66. The van der Waals surface area contributed by atoms with Crippen molar-refractivity contribution in [1.29, 1.82) is 0 Å². The van der Waals surface area contributed by atoms with Gasteiger partial charge in [0.1, 0.15) is 0 Å². The van der Waals surface area contributed by atoms with Crippen LogP contribution in [0.4, 0.5) is 0 Å². The third kappa shape index (κ3) is 2.21. The van der Waals surface area contributed by atoms with Crippen LogP contribution in [0.5, 0.6) is 0 Å². The Labute approximate surface area is 91.1 Å². The summed E-state index contributed by atoms with van der Waals surface area (Å²) in [5, 5.41) is 4.35. The van der Waals surface area contributed by atoms with Crippen LogP contribution in [-0.2, 0) is 19.6 Å². The van der Waals surface area contributed by atoms with Crippen molar-refractivity contribution < 1.29 is 0 Å². The molecule has 0 fully saturated rings. The number of hydrogen-bond donors (Lipinski definition) is 1. The monoisotopic (exact) mass is 208 g/mol. The maximum Gasteiger partial charge on any atom is 0.0569 e. The molecule has 2 rings (SSSR count). The first-order valence-electron chi connectivity index (χ1n) is 5.66. The molecule has 4 nitrogen and oxygen atoms in total. The summed E-state index contributed by atoms with van der Waals surface area (Å²) in [6, 6.07) is 0. The Morgan fingerprint density at radius 1 is 1.47 bits per heavy atom. The van der Waals surface area contributed by atoms with E-state index in [4.69, 9.17) is 5.73 Å². The van der Waals surface area contributed by atoms with Gasteiger partial charge in [0.05, 0.1) is 18.4 Å². The Hall–Kier alpha value is -0.870. The van der Waals surface area contributed by atoms with E-state index < -0.39 is 0 Å². The zero-order valence-electron chi connectivity index (χ0n) is 9.61. The van der Waals surface area contributed by atoms with Gasteiger partial charge < -0.3 is 5.73 Å². The summed E-state index contributed by atoms with van der Waals surface area (Å²) in [5.74, 6) is 0.723. The third-order valence-corrected chi connectivity index (χ3v) is 2.88. The number of hydrogen-bond acceptors (Lipinski definition) is 3. The molecule has 15 heavy (non-hydrogen) atoms. The van der Waals surface area contributed by atoms with E-state index in [2.05, 4.69) is 28.5 Å². The minimum atomic E-state index is 0.602. The minimum Gasteiger partial charge on any atom is -0.326 e. The van der Waals surface area contributed by atoms with E-state index in [0.29, 0.717) is 6.54 Å². The minimum absolute atomic E-state index is 0.602. The van der Waals surface area contributed by atoms with Crippen molar-refractivity contribution in [2.24, 2.45) is 11.7 Å². The van der Waals surface area contributed by atoms with Gasteiger partial charge >= 0.3 is 0 Å². The normalized spacial score (nSPS) is 17.1. The predicted molar refractivity (Wildman–Crippen MR) is 60.2 cm³/mol. The Morgan fingerprint density at radius 2 is 2.27 bits per heavy atom. The molecule has 0 bridgehead atoms. The largest absolute Gasteiger partial charge is 0.326 e. The van der Waals surface area contributed by atoms with Gasteiger partial charge in [0.25, 0.3) is 0 Å². The molecule has 0 spiro atoms. The number of rotatable bonds is 3.